The van der Waals surface area contributed by atoms with Crippen LogP contribution in [0.5, 0.6) is 0 Å². The van der Waals surface area contributed by atoms with Crippen molar-refractivity contribution < 1.29 is 29.1 Å². The molecule has 4 unspecified atom stereocenters. The molecule has 11 nitrogen and oxygen atoms in total. The minimum Gasteiger partial charge on any atom is -0.480 e. The van der Waals surface area contributed by atoms with E-state index in [1.807, 2.05) is 44.2 Å². The van der Waals surface area contributed by atoms with E-state index in [1.54, 1.807) is 30.3 Å². The van der Waals surface area contributed by atoms with Crippen molar-refractivity contribution in [1.82, 2.24) is 16.0 Å². The van der Waals surface area contributed by atoms with Crippen LogP contribution < -0.4 is 27.4 Å². The highest BCUT2D eigenvalue weighted by molar-refractivity contribution is 5.96. The first-order valence-corrected chi connectivity index (χ1v) is 12.7. The maximum Gasteiger partial charge on any atom is 0.326 e. The van der Waals surface area contributed by atoms with Crippen molar-refractivity contribution in [2.24, 2.45) is 17.4 Å². The molecule has 0 aliphatic heterocycles. The molecule has 8 N–H and O–H groups in total. The van der Waals surface area contributed by atoms with Crippen LogP contribution in [0.4, 0.5) is 0 Å². The second-order valence-corrected chi connectivity index (χ2v) is 9.81. The summed E-state index contributed by atoms with van der Waals surface area (Å²) in [5, 5.41) is 17.1. The first-order chi connectivity index (χ1) is 18.5. The number of rotatable bonds is 15. The van der Waals surface area contributed by atoms with Crippen LogP contribution in [-0.4, -0.2) is 58.9 Å². The fourth-order valence-electron chi connectivity index (χ4n) is 3.95. The number of benzene rings is 2. The fraction of sp³-hybridized carbons (Fsp3) is 0.393. The largest absolute Gasteiger partial charge is 0.480 e. The van der Waals surface area contributed by atoms with E-state index in [4.69, 9.17) is 11.5 Å². The number of carbonyl (C=O) groups excluding carboxylic acids is 4. The summed E-state index contributed by atoms with van der Waals surface area (Å²) < 4.78 is 0. The molecular weight excluding hydrogens is 502 g/mol. The molecule has 2 aromatic rings. The summed E-state index contributed by atoms with van der Waals surface area (Å²) in [5.74, 6) is -4.34. The number of amides is 4. The molecule has 2 rings (SSSR count). The third-order valence-corrected chi connectivity index (χ3v) is 5.91. The van der Waals surface area contributed by atoms with Gasteiger partial charge in [0.1, 0.15) is 18.1 Å². The quantitative estimate of drug-likeness (QED) is 0.187. The number of carbonyl (C=O) groups is 5. The predicted molar refractivity (Wildman–Crippen MR) is 145 cm³/mol. The molecule has 0 saturated heterocycles. The topological polar surface area (TPSA) is 194 Å². The molecule has 0 aliphatic rings. The van der Waals surface area contributed by atoms with Crippen LogP contribution in [0.1, 0.15) is 37.8 Å². The Morgan fingerprint density at radius 1 is 0.718 bits per heavy atom. The molecular formula is C28H37N5O6. The van der Waals surface area contributed by atoms with Gasteiger partial charge in [-0.15, -0.1) is 0 Å². The van der Waals surface area contributed by atoms with Gasteiger partial charge in [0.15, 0.2) is 0 Å². The van der Waals surface area contributed by atoms with Gasteiger partial charge in [-0.2, -0.15) is 0 Å². The van der Waals surface area contributed by atoms with Gasteiger partial charge in [0.2, 0.25) is 23.6 Å². The molecule has 2 aromatic carbocycles. The lowest BCUT2D eigenvalue weighted by Crippen LogP contribution is -2.58. The summed E-state index contributed by atoms with van der Waals surface area (Å²) >= 11 is 0. The third-order valence-electron chi connectivity index (χ3n) is 5.91. The van der Waals surface area contributed by atoms with Gasteiger partial charge in [-0.1, -0.05) is 74.5 Å². The Hall–Kier alpha value is -4.25. The van der Waals surface area contributed by atoms with E-state index in [0.29, 0.717) is 5.56 Å². The molecule has 0 heterocycles. The Labute approximate surface area is 227 Å². The fourth-order valence-corrected chi connectivity index (χ4v) is 3.95. The number of hydrogen-bond donors (Lipinski definition) is 6. The minimum absolute atomic E-state index is 0.00944. The molecule has 0 aliphatic carbocycles. The van der Waals surface area contributed by atoms with Crippen LogP contribution in [0.2, 0.25) is 0 Å². The summed E-state index contributed by atoms with van der Waals surface area (Å²) in [6.07, 6.45) is -0.0880. The minimum atomic E-state index is -1.45. The van der Waals surface area contributed by atoms with Gasteiger partial charge >= 0.3 is 5.97 Å². The summed E-state index contributed by atoms with van der Waals surface area (Å²) in [5.41, 5.74) is 12.9. The van der Waals surface area contributed by atoms with Crippen molar-refractivity contribution in [2.45, 2.75) is 63.7 Å². The van der Waals surface area contributed by atoms with Crippen LogP contribution in [0, 0.1) is 5.92 Å². The predicted octanol–water partition coefficient (Wildman–Crippen LogP) is 0.260. The molecule has 4 atom stereocenters. The number of carboxylic acid groups (broad SMARTS) is 1. The van der Waals surface area contributed by atoms with Crippen molar-refractivity contribution in [2.75, 3.05) is 0 Å². The van der Waals surface area contributed by atoms with Gasteiger partial charge in [0.25, 0.3) is 0 Å². The molecule has 0 radical (unpaired) electrons. The monoisotopic (exact) mass is 539 g/mol. The van der Waals surface area contributed by atoms with Crippen LogP contribution in [0.15, 0.2) is 60.7 Å². The van der Waals surface area contributed by atoms with Gasteiger partial charge in [-0.3, -0.25) is 19.2 Å². The summed E-state index contributed by atoms with van der Waals surface area (Å²) in [6, 6.07) is 13.1. The summed E-state index contributed by atoms with van der Waals surface area (Å²) in [7, 11) is 0. The average Bonchev–Trinajstić information content (AvgIpc) is 2.88. The normalized spacial score (nSPS) is 13.9. The zero-order chi connectivity index (χ0) is 28.9. The number of nitrogens with two attached hydrogens (primary N) is 2. The van der Waals surface area contributed by atoms with Gasteiger partial charge < -0.3 is 32.5 Å². The zero-order valence-electron chi connectivity index (χ0n) is 22.1. The van der Waals surface area contributed by atoms with Gasteiger partial charge in [0, 0.05) is 6.42 Å². The number of hydrogen-bond acceptors (Lipinski definition) is 6. The smallest absolute Gasteiger partial charge is 0.326 e. The van der Waals surface area contributed by atoms with Crippen molar-refractivity contribution in [3.05, 3.63) is 71.8 Å². The number of carboxylic acids is 1. The standard InChI is InChI=1S/C28H37N5O6/c1-17(2)13-21(31-25(35)20(29)14-18-9-5-3-6-10-18)26(36)32-22(16-24(30)34)27(37)33-23(28(38)39)15-19-11-7-4-8-12-19/h3-12,17,20-23H,13-16,29H2,1-2H3,(H2,30,34)(H,31,35)(H,32,36)(H,33,37)(H,38,39). The molecule has 0 saturated carbocycles. The Bertz CT molecular complexity index is 1130. The van der Waals surface area contributed by atoms with Gasteiger partial charge in [-0.25, -0.2) is 4.79 Å². The second-order valence-electron chi connectivity index (χ2n) is 9.81. The van der Waals surface area contributed by atoms with Crippen LogP contribution in [0.3, 0.4) is 0 Å². The average molecular weight is 540 g/mol. The Kier molecular flexibility index (Phi) is 12.1. The Balaban J connectivity index is 2.12. The van der Waals surface area contributed by atoms with Crippen molar-refractivity contribution in [3.8, 4) is 0 Å². The van der Waals surface area contributed by atoms with E-state index in [1.165, 1.54) is 0 Å². The number of aliphatic carboxylic acids is 1. The molecule has 210 valence electrons. The molecule has 11 heteroatoms. The second kappa shape index (κ2) is 15.2. The maximum atomic E-state index is 13.2. The van der Waals surface area contributed by atoms with Crippen LogP contribution in [0.25, 0.3) is 0 Å². The summed E-state index contributed by atoms with van der Waals surface area (Å²) in [4.78, 5) is 62.5. The van der Waals surface area contributed by atoms with E-state index < -0.39 is 60.2 Å². The third kappa shape index (κ3) is 10.9. The Morgan fingerprint density at radius 2 is 1.18 bits per heavy atom. The molecule has 0 spiro atoms. The summed E-state index contributed by atoms with van der Waals surface area (Å²) in [6.45, 7) is 3.70. The van der Waals surface area contributed by atoms with E-state index >= 15 is 0 Å². The highest BCUT2D eigenvalue weighted by Gasteiger charge is 2.31. The van der Waals surface area contributed by atoms with Crippen LogP contribution >= 0.6 is 0 Å². The van der Waals surface area contributed by atoms with Crippen LogP contribution in [-0.2, 0) is 36.8 Å². The maximum absolute atomic E-state index is 13.2. The molecule has 0 aromatic heterocycles. The molecule has 0 bridgehead atoms. The van der Waals surface area contributed by atoms with Gasteiger partial charge in [-0.05, 0) is 29.9 Å². The van der Waals surface area contributed by atoms with Crippen molar-refractivity contribution >= 4 is 29.6 Å². The molecule has 4 amide bonds. The molecule has 0 fully saturated rings. The van der Waals surface area contributed by atoms with E-state index in [2.05, 4.69) is 16.0 Å². The Morgan fingerprint density at radius 3 is 1.67 bits per heavy atom. The molecule has 39 heavy (non-hydrogen) atoms. The highest BCUT2D eigenvalue weighted by atomic mass is 16.4. The number of primary amides is 1. The lowest BCUT2D eigenvalue weighted by Gasteiger charge is -2.25. The first kappa shape index (κ1) is 31.0. The zero-order valence-corrected chi connectivity index (χ0v) is 22.1. The lowest BCUT2D eigenvalue weighted by atomic mass is 10.0. The van der Waals surface area contributed by atoms with Gasteiger partial charge in [0.05, 0.1) is 12.5 Å². The van der Waals surface area contributed by atoms with E-state index in [-0.39, 0.29) is 25.2 Å². The first-order valence-electron chi connectivity index (χ1n) is 12.7. The lowest BCUT2D eigenvalue weighted by molar-refractivity contribution is -0.142. The van der Waals surface area contributed by atoms with E-state index in [9.17, 15) is 29.1 Å². The SMILES string of the molecule is CC(C)CC(NC(=O)C(N)Cc1ccccc1)C(=O)NC(CC(N)=O)C(=O)NC(Cc1ccccc1)C(=O)O. The van der Waals surface area contributed by atoms with Crippen molar-refractivity contribution in [3.63, 3.8) is 0 Å². The van der Waals surface area contributed by atoms with Crippen molar-refractivity contribution in [1.29, 1.82) is 0 Å². The highest BCUT2D eigenvalue weighted by Crippen LogP contribution is 2.09. The number of nitrogens with one attached hydrogen (secondary N) is 3. The van der Waals surface area contributed by atoms with E-state index in [0.717, 1.165) is 5.56 Å².